The van der Waals surface area contributed by atoms with Crippen LogP contribution < -0.4 is 0 Å². The number of fused-ring (bicyclic) bond motifs is 1. The average molecular weight is 317 g/mol. The van der Waals surface area contributed by atoms with Crippen molar-refractivity contribution in [2.75, 3.05) is 0 Å². The molecule has 1 heterocycles. The number of aromatic nitrogens is 1. The average Bonchev–Trinajstić information content (AvgIpc) is 2.92. The molecular formula is C16H9F2NO4. The van der Waals surface area contributed by atoms with E-state index in [1.807, 2.05) is 0 Å². The van der Waals surface area contributed by atoms with Gasteiger partial charge in [0.25, 0.3) is 0 Å². The van der Waals surface area contributed by atoms with Gasteiger partial charge in [0, 0.05) is 6.08 Å². The van der Waals surface area contributed by atoms with E-state index in [2.05, 4.69) is 4.98 Å². The van der Waals surface area contributed by atoms with Gasteiger partial charge in [0.15, 0.2) is 23.0 Å². The summed E-state index contributed by atoms with van der Waals surface area (Å²) in [5.41, 5.74) is 0.975. The lowest BCUT2D eigenvalue weighted by Gasteiger charge is -1.98. The van der Waals surface area contributed by atoms with Crippen molar-refractivity contribution < 1.29 is 28.2 Å². The highest BCUT2D eigenvalue weighted by molar-refractivity contribution is 5.92. The monoisotopic (exact) mass is 317 g/mol. The fraction of sp³-hybridized carbons (Fsp3) is 0. The number of phenolic OH excluding ortho intramolecular Hbond substituents is 1. The summed E-state index contributed by atoms with van der Waals surface area (Å²) in [5, 5.41) is 17.9. The van der Waals surface area contributed by atoms with E-state index in [1.54, 1.807) is 0 Å². The standard InChI is InChI=1S/C16H9F2NO4/c17-10-5-8(6-11(18)15(10)20)1-4-14-19-12-3-2-9(16(21)22)7-13(12)23-14/h1-7,20H,(H,21,22)/b4-1+. The number of nitrogens with zero attached hydrogens (tertiary/aromatic N) is 1. The van der Waals surface area contributed by atoms with Gasteiger partial charge < -0.3 is 14.6 Å². The Morgan fingerprint density at radius 2 is 1.83 bits per heavy atom. The Morgan fingerprint density at radius 3 is 2.48 bits per heavy atom. The number of aromatic hydroxyl groups is 1. The van der Waals surface area contributed by atoms with Gasteiger partial charge in [0.2, 0.25) is 5.89 Å². The van der Waals surface area contributed by atoms with Gasteiger partial charge >= 0.3 is 5.97 Å². The summed E-state index contributed by atoms with van der Waals surface area (Å²) in [7, 11) is 0. The van der Waals surface area contributed by atoms with Crippen LogP contribution in [0.3, 0.4) is 0 Å². The first-order valence-corrected chi connectivity index (χ1v) is 6.44. The molecule has 0 aliphatic carbocycles. The zero-order chi connectivity index (χ0) is 16.6. The van der Waals surface area contributed by atoms with Crippen LogP contribution in [0.5, 0.6) is 5.75 Å². The van der Waals surface area contributed by atoms with Gasteiger partial charge in [-0.1, -0.05) is 0 Å². The van der Waals surface area contributed by atoms with Gasteiger partial charge in [-0.15, -0.1) is 0 Å². The van der Waals surface area contributed by atoms with E-state index in [1.165, 1.54) is 30.4 Å². The Balaban J connectivity index is 1.93. The smallest absolute Gasteiger partial charge is 0.335 e. The molecule has 116 valence electrons. The minimum absolute atomic E-state index is 0.0619. The van der Waals surface area contributed by atoms with Crippen molar-refractivity contribution in [2.24, 2.45) is 0 Å². The number of benzene rings is 2. The third-order valence-electron chi connectivity index (χ3n) is 3.11. The molecule has 0 aliphatic heterocycles. The maximum absolute atomic E-state index is 13.2. The largest absolute Gasteiger partial charge is 0.503 e. The fourth-order valence-electron chi connectivity index (χ4n) is 2.00. The molecule has 2 N–H and O–H groups in total. The van der Waals surface area contributed by atoms with Crippen molar-refractivity contribution in [3.8, 4) is 5.75 Å². The van der Waals surface area contributed by atoms with E-state index in [0.29, 0.717) is 5.52 Å². The summed E-state index contributed by atoms with van der Waals surface area (Å²) in [6.07, 6.45) is 2.74. The summed E-state index contributed by atoms with van der Waals surface area (Å²) in [6.45, 7) is 0. The highest BCUT2D eigenvalue weighted by atomic mass is 19.1. The first kappa shape index (κ1) is 14.7. The van der Waals surface area contributed by atoms with Crippen LogP contribution in [0.15, 0.2) is 34.7 Å². The molecule has 0 spiro atoms. The van der Waals surface area contributed by atoms with Crippen LogP contribution in [0, 0.1) is 11.6 Å². The van der Waals surface area contributed by atoms with E-state index in [0.717, 1.165) is 12.1 Å². The van der Waals surface area contributed by atoms with Crippen molar-refractivity contribution in [1.29, 1.82) is 0 Å². The van der Waals surface area contributed by atoms with Crippen molar-refractivity contribution in [3.63, 3.8) is 0 Å². The van der Waals surface area contributed by atoms with Crippen molar-refractivity contribution in [1.82, 2.24) is 4.98 Å². The van der Waals surface area contributed by atoms with E-state index >= 15 is 0 Å². The first-order chi connectivity index (χ1) is 10.9. The normalized spacial score (nSPS) is 11.4. The van der Waals surface area contributed by atoms with Gasteiger partial charge in [-0.3, -0.25) is 0 Å². The van der Waals surface area contributed by atoms with E-state index in [4.69, 9.17) is 14.6 Å². The molecule has 0 bridgehead atoms. The molecule has 23 heavy (non-hydrogen) atoms. The second kappa shape index (κ2) is 5.53. The lowest BCUT2D eigenvalue weighted by molar-refractivity contribution is 0.0697. The zero-order valence-corrected chi connectivity index (χ0v) is 11.5. The van der Waals surface area contributed by atoms with Gasteiger partial charge in [-0.05, 0) is 42.0 Å². The molecule has 0 radical (unpaired) electrons. The SMILES string of the molecule is O=C(O)c1ccc2nc(/C=C/c3cc(F)c(O)c(F)c3)oc2c1. The Labute approximate surface area is 128 Å². The molecule has 0 unspecified atom stereocenters. The van der Waals surface area contributed by atoms with Crippen LogP contribution in [-0.2, 0) is 0 Å². The number of hydrogen-bond donors (Lipinski definition) is 2. The molecule has 0 aliphatic rings. The first-order valence-electron chi connectivity index (χ1n) is 6.44. The Hall–Kier alpha value is -3.22. The lowest BCUT2D eigenvalue weighted by atomic mass is 10.2. The maximum Gasteiger partial charge on any atom is 0.335 e. The molecule has 0 fully saturated rings. The minimum Gasteiger partial charge on any atom is -0.503 e. The van der Waals surface area contributed by atoms with Crippen LogP contribution in [0.2, 0.25) is 0 Å². The summed E-state index contributed by atoms with van der Waals surface area (Å²) in [4.78, 5) is 15.0. The Bertz CT molecular complexity index is 923. The Kier molecular flexibility index (Phi) is 3.53. The minimum atomic E-state index is -1.09. The van der Waals surface area contributed by atoms with Crippen LogP contribution in [0.4, 0.5) is 8.78 Å². The van der Waals surface area contributed by atoms with Crippen molar-refractivity contribution in [2.45, 2.75) is 0 Å². The summed E-state index contributed by atoms with van der Waals surface area (Å²) in [5.74, 6) is -4.13. The topological polar surface area (TPSA) is 83.6 Å². The molecule has 7 heteroatoms. The molecule has 3 aromatic rings. The highest BCUT2D eigenvalue weighted by Gasteiger charge is 2.10. The third-order valence-corrected chi connectivity index (χ3v) is 3.11. The number of carboxylic acid groups (broad SMARTS) is 1. The van der Waals surface area contributed by atoms with Crippen molar-refractivity contribution in [3.05, 3.63) is 59.0 Å². The van der Waals surface area contributed by atoms with Crippen molar-refractivity contribution >= 4 is 29.2 Å². The molecule has 0 saturated carbocycles. The van der Waals surface area contributed by atoms with Crippen LogP contribution in [0.1, 0.15) is 21.8 Å². The third kappa shape index (κ3) is 2.89. The predicted molar refractivity (Wildman–Crippen MR) is 77.9 cm³/mol. The lowest BCUT2D eigenvalue weighted by Crippen LogP contribution is -1.94. The number of phenols is 1. The molecular weight excluding hydrogens is 308 g/mol. The second-order valence-corrected chi connectivity index (χ2v) is 4.71. The second-order valence-electron chi connectivity index (χ2n) is 4.71. The number of carbonyl (C=O) groups is 1. The van der Waals surface area contributed by atoms with E-state index in [9.17, 15) is 13.6 Å². The van der Waals surface area contributed by atoms with Crippen LogP contribution >= 0.6 is 0 Å². The fourth-order valence-corrected chi connectivity index (χ4v) is 2.00. The highest BCUT2D eigenvalue weighted by Crippen LogP contribution is 2.23. The predicted octanol–water partition coefficient (Wildman–Crippen LogP) is 3.68. The van der Waals surface area contributed by atoms with Gasteiger partial charge in [0.05, 0.1) is 5.56 Å². The molecule has 1 aromatic heterocycles. The number of halogens is 2. The molecule has 0 saturated heterocycles. The summed E-state index contributed by atoms with van der Waals surface area (Å²) < 4.78 is 31.8. The number of oxazole rings is 1. The Morgan fingerprint density at radius 1 is 1.13 bits per heavy atom. The van der Waals surface area contributed by atoms with Gasteiger partial charge in [-0.2, -0.15) is 0 Å². The number of hydrogen-bond acceptors (Lipinski definition) is 4. The number of carboxylic acids is 1. The summed E-state index contributed by atoms with van der Waals surface area (Å²) >= 11 is 0. The molecule has 0 amide bonds. The number of aromatic carboxylic acids is 1. The van der Waals surface area contributed by atoms with E-state index in [-0.39, 0.29) is 22.6 Å². The van der Waals surface area contributed by atoms with Crippen LogP contribution in [0.25, 0.3) is 23.3 Å². The molecule has 2 aromatic carbocycles. The maximum atomic E-state index is 13.2. The zero-order valence-electron chi connectivity index (χ0n) is 11.5. The number of rotatable bonds is 3. The van der Waals surface area contributed by atoms with E-state index < -0.39 is 23.4 Å². The molecule has 5 nitrogen and oxygen atoms in total. The molecule has 3 rings (SSSR count). The molecule has 0 atom stereocenters. The quantitative estimate of drug-likeness (QED) is 0.770. The van der Waals surface area contributed by atoms with Crippen LogP contribution in [-0.4, -0.2) is 21.2 Å². The van der Waals surface area contributed by atoms with Gasteiger partial charge in [0.1, 0.15) is 5.52 Å². The van der Waals surface area contributed by atoms with Gasteiger partial charge in [-0.25, -0.2) is 18.6 Å². The summed E-state index contributed by atoms with van der Waals surface area (Å²) in [6, 6.07) is 6.15.